The summed E-state index contributed by atoms with van der Waals surface area (Å²) in [5.74, 6) is 3.22. The molecule has 0 aliphatic rings. The van der Waals surface area contributed by atoms with Crippen LogP contribution in [0.25, 0.3) is 99.8 Å². The van der Waals surface area contributed by atoms with Crippen molar-refractivity contribution in [1.82, 2.24) is 9.97 Å². The molecule has 0 radical (unpaired) electrons. The fraction of sp³-hybridized carbons (Fsp3) is 0.0714. The van der Waals surface area contributed by atoms with Gasteiger partial charge in [-0.15, -0.1) is 0 Å². The molecule has 2 aromatic heterocycles. The zero-order chi connectivity index (χ0) is 42.2. The van der Waals surface area contributed by atoms with E-state index in [0.717, 1.165) is 123 Å². The number of aromatic nitrogens is 2. The third-order valence-corrected chi connectivity index (χ3v) is 11.9. The largest absolute Gasteiger partial charge is 0.497 e. The Morgan fingerprint density at radius 2 is 0.774 bits per heavy atom. The van der Waals surface area contributed by atoms with Crippen LogP contribution >= 0.6 is 0 Å². The summed E-state index contributed by atoms with van der Waals surface area (Å²) in [4.78, 5) is 7.94. The van der Waals surface area contributed by atoms with E-state index in [1.807, 2.05) is 48.5 Å². The number of H-pyrrole nitrogens is 2. The molecule has 0 saturated carbocycles. The van der Waals surface area contributed by atoms with Crippen molar-refractivity contribution in [1.29, 1.82) is 0 Å². The molecule has 302 valence electrons. The van der Waals surface area contributed by atoms with Gasteiger partial charge in [0.25, 0.3) is 0 Å². The Balaban J connectivity index is 1.36. The minimum absolute atomic E-state index is 0.795. The number of ether oxygens (including phenoxy) is 4. The molecule has 0 bridgehead atoms. The Morgan fingerprint density at radius 3 is 1.27 bits per heavy atom. The summed E-state index contributed by atoms with van der Waals surface area (Å²) in [7, 11) is 6.81. The second-order valence-corrected chi connectivity index (χ2v) is 15.3. The highest BCUT2D eigenvalue weighted by Crippen LogP contribution is 2.51. The number of fused-ring (bicyclic) bond motifs is 2. The van der Waals surface area contributed by atoms with Crippen molar-refractivity contribution < 1.29 is 18.9 Å². The SMILES string of the molecule is COc1ccc(-c2cc(-c3ccc(OC)cc3)c3c(-c4ccccc4)c(-c4c(-c5ccc(OC)cc5)cc(-c5ccc(OC)cc5)c5c(-c6ccccc6)c[nH]c45)[nH]c3c2)cc1. The van der Waals surface area contributed by atoms with Crippen molar-refractivity contribution >= 4 is 21.8 Å². The van der Waals surface area contributed by atoms with Crippen LogP contribution in [-0.2, 0) is 0 Å². The van der Waals surface area contributed by atoms with Gasteiger partial charge in [0.2, 0.25) is 0 Å². The van der Waals surface area contributed by atoms with Gasteiger partial charge < -0.3 is 28.9 Å². The molecule has 2 N–H and O–H groups in total. The van der Waals surface area contributed by atoms with Crippen LogP contribution in [0, 0.1) is 0 Å². The van der Waals surface area contributed by atoms with Crippen LogP contribution in [0.2, 0.25) is 0 Å². The van der Waals surface area contributed by atoms with Crippen LogP contribution < -0.4 is 18.9 Å². The van der Waals surface area contributed by atoms with Gasteiger partial charge in [-0.3, -0.25) is 0 Å². The number of hydrogen-bond acceptors (Lipinski definition) is 4. The van der Waals surface area contributed by atoms with Gasteiger partial charge >= 0.3 is 0 Å². The second-order valence-electron chi connectivity index (χ2n) is 15.3. The van der Waals surface area contributed by atoms with Crippen molar-refractivity contribution in [3.8, 4) is 101 Å². The number of benzene rings is 8. The molecular formula is C56H44N2O4. The Morgan fingerprint density at radius 1 is 0.339 bits per heavy atom. The highest BCUT2D eigenvalue weighted by Gasteiger charge is 2.27. The lowest BCUT2D eigenvalue weighted by Gasteiger charge is -2.18. The molecule has 0 saturated heterocycles. The first-order valence-corrected chi connectivity index (χ1v) is 20.6. The topological polar surface area (TPSA) is 68.5 Å². The van der Waals surface area contributed by atoms with Gasteiger partial charge in [-0.25, -0.2) is 0 Å². The van der Waals surface area contributed by atoms with Gasteiger partial charge in [0.15, 0.2) is 0 Å². The Kier molecular flexibility index (Phi) is 10.0. The third-order valence-electron chi connectivity index (χ3n) is 11.9. The van der Waals surface area contributed by atoms with Gasteiger partial charge in [0.05, 0.1) is 39.6 Å². The minimum atomic E-state index is 0.795. The van der Waals surface area contributed by atoms with Crippen LogP contribution in [0.5, 0.6) is 23.0 Å². The first-order valence-electron chi connectivity index (χ1n) is 20.6. The fourth-order valence-corrected chi connectivity index (χ4v) is 8.79. The smallest absolute Gasteiger partial charge is 0.118 e. The molecule has 6 heteroatoms. The van der Waals surface area contributed by atoms with Gasteiger partial charge in [-0.05, 0) is 122 Å². The number of hydrogen-bond donors (Lipinski definition) is 2. The summed E-state index contributed by atoms with van der Waals surface area (Å²) in [5.41, 5.74) is 17.2. The maximum Gasteiger partial charge on any atom is 0.118 e. The highest BCUT2D eigenvalue weighted by atomic mass is 16.5. The van der Waals surface area contributed by atoms with E-state index < -0.39 is 0 Å². The standard InChI is InChI=1S/C56H44N2O4/c1-59-42-23-15-35(16-24-42)41-31-46(37-17-25-43(60-2)26-18-37)53-50(32-41)58-56(51(53)40-13-9-6-10-14-40)54-48(39-21-29-45(62-4)30-22-39)33-47(38-19-27-44(61-3)28-20-38)52-49(34-57-55(52)54)36-11-7-5-8-12-36/h5-34,57-58H,1-4H3. The lowest BCUT2D eigenvalue weighted by Crippen LogP contribution is -1.94. The predicted octanol–water partition coefficient (Wildman–Crippen LogP) is 14.4. The number of aromatic amines is 2. The van der Waals surface area contributed by atoms with Crippen molar-refractivity contribution in [2.45, 2.75) is 0 Å². The molecular weight excluding hydrogens is 765 g/mol. The lowest BCUT2D eigenvalue weighted by molar-refractivity contribution is 0.415. The summed E-state index contributed by atoms with van der Waals surface area (Å²) in [6.45, 7) is 0. The number of nitrogens with one attached hydrogen (secondary N) is 2. The van der Waals surface area contributed by atoms with Crippen molar-refractivity contribution in [3.63, 3.8) is 0 Å². The quantitative estimate of drug-likeness (QED) is 0.137. The van der Waals surface area contributed by atoms with Crippen LogP contribution in [0.15, 0.2) is 182 Å². The van der Waals surface area contributed by atoms with Crippen molar-refractivity contribution in [2.75, 3.05) is 28.4 Å². The zero-order valence-corrected chi connectivity index (χ0v) is 35.0. The first kappa shape index (κ1) is 38.3. The molecule has 6 nitrogen and oxygen atoms in total. The highest BCUT2D eigenvalue weighted by molar-refractivity contribution is 6.20. The Bertz CT molecular complexity index is 3170. The molecule has 0 aliphatic carbocycles. The Hall–Kier alpha value is -7.96. The third kappa shape index (κ3) is 6.82. The lowest BCUT2D eigenvalue weighted by atomic mass is 9.85. The first-order chi connectivity index (χ1) is 30.5. The molecule has 8 aromatic carbocycles. The Labute approximate surface area is 361 Å². The normalized spacial score (nSPS) is 11.2. The summed E-state index contributed by atoms with van der Waals surface area (Å²) < 4.78 is 22.4. The summed E-state index contributed by atoms with van der Waals surface area (Å²) in [5, 5.41) is 2.25. The molecule has 10 aromatic rings. The molecule has 2 heterocycles. The second kappa shape index (κ2) is 16.2. The van der Waals surface area contributed by atoms with E-state index in [0.29, 0.717) is 0 Å². The molecule has 0 spiro atoms. The zero-order valence-electron chi connectivity index (χ0n) is 35.0. The number of methoxy groups -OCH3 is 4. The van der Waals surface area contributed by atoms with Crippen molar-refractivity contribution in [3.05, 3.63) is 182 Å². The van der Waals surface area contributed by atoms with E-state index in [1.54, 1.807) is 28.4 Å². The van der Waals surface area contributed by atoms with Crippen LogP contribution in [-0.4, -0.2) is 38.4 Å². The average molecular weight is 809 g/mol. The van der Waals surface area contributed by atoms with Crippen LogP contribution in [0.4, 0.5) is 0 Å². The summed E-state index contributed by atoms with van der Waals surface area (Å²) >= 11 is 0. The van der Waals surface area contributed by atoms with Gasteiger partial charge in [0.1, 0.15) is 23.0 Å². The van der Waals surface area contributed by atoms with E-state index >= 15 is 0 Å². The number of rotatable bonds is 11. The molecule has 0 aliphatic heterocycles. The van der Waals surface area contributed by atoms with Gasteiger partial charge in [-0.1, -0.05) is 109 Å². The molecule has 0 fully saturated rings. The summed E-state index contributed by atoms with van der Waals surface area (Å²) in [6.07, 6.45) is 2.16. The predicted molar refractivity (Wildman–Crippen MR) is 254 cm³/mol. The maximum absolute atomic E-state index is 5.67. The van der Waals surface area contributed by atoms with Crippen molar-refractivity contribution in [2.24, 2.45) is 0 Å². The van der Waals surface area contributed by atoms with Gasteiger partial charge in [0, 0.05) is 39.2 Å². The van der Waals surface area contributed by atoms with E-state index in [9.17, 15) is 0 Å². The monoisotopic (exact) mass is 808 g/mol. The van der Waals surface area contributed by atoms with E-state index in [2.05, 4.69) is 144 Å². The average Bonchev–Trinajstić information content (AvgIpc) is 3.97. The maximum atomic E-state index is 5.67. The van der Waals surface area contributed by atoms with E-state index in [1.165, 1.54) is 0 Å². The van der Waals surface area contributed by atoms with Gasteiger partial charge in [-0.2, -0.15) is 0 Å². The molecule has 62 heavy (non-hydrogen) atoms. The molecule has 0 unspecified atom stereocenters. The molecule has 0 atom stereocenters. The van der Waals surface area contributed by atoms with Crippen LogP contribution in [0.1, 0.15) is 0 Å². The van der Waals surface area contributed by atoms with E-state index in [-0.39, 0.29) is 0 Å². The van der Waals surface area contributed by atoms with E-state index in [4.69, 9.17) is 18.9 Å². The molecule has 0 amide bonds. The van der Waals surface area contributed by atoms with Crippen LogP contribution in [0.3, 0.4) is 0 Å². The molecule has 10 rings (SSSR count). The minimum Gasteiger partial charge on any atom is -0.497 e. The fourth-order valence-electron chi connectivity index (χ4n) is 8.79. The summed E-state index contributed by atoms with van der Waals surface area (Å²) in [6, 6.07) is 61.6.